The van der Waals surface area contributed by atoms with Crippen LogP contribution in [0.5, 0.6) is 5.75 Å². The Labute approximate surface area is 119 Å². The third-order valence-electron chi connectivity index (χ3n) is 2.31. The highest BCUT2D eigenvalue weighted by molar-refractivity contribution is 9.10. The average molecular weight is 337 g/mol. The van der Waals surface area contributed by atoms with Gasteiger partial charge in [0, 0.05) is 16.6 Å². The first-order chi connectivity index (χ1) is 8.45. The van der Waals surface area contributed by atoms with Crippen LogP contribution in [0, 0.1) is 0 Å². The lowest BCUT2D eigenvalue weighted by Crippen LogP contribution is -2.17. The van der Waals surface area contributed by atoms with Crippen LogP contribution in [-0.4, -0.2) is 17.7 Å². The van der Waals surface area contributed by atoms with E-state index in [1.807, 2.05) is 6.92 Å². The molecule has 0 aromatic heterocycles. The van der Waals surface area contributed by atoms with Crippen molar-refractivity contribution in [3.8, 4) is 5.75 Å². The zero-order chi connectivity index (χ0) is 13.7. The molecule has 0 saturated heterocycles. The van der Waals surface area contributed by atoms with Gasteiger partial charge in [0.05, 0.1) is 17.5 Å². The van der Waals surface area contributed by atoms with Gasteiger partial charge in [0.1, 0.15) is 5.75 Å². The van der Waals surface area contributed by atoms with Crippen molar-refractivity contribution in [2.45, 2.75) is 25.8 Å². The standard InChI is InChI=1S/C12H15BrClNO3/c1-2-3-18-11(16)6-10(15)8-4-7(14)5-9(13)12(8)17/h4-5,10,17H,2-3,6,15H2,1H3. The van der Waals surface area contributed by atoms with Gasteiger partial charge >= 0.3 is 5.97 Å². The Hall–Kier alpha value is -0.780. The Morgan fingerprint density at radius 1 is 1.61 bits per heavy atom. The quantitative estimate of drug-likeness (QED) is 0.810. The third-order valence-corrected chi connectivity index (χ3v) is 3.13. The molecular formula is C12H15BrClNO3. The maximum atomic E-state index is 11.4. The van der Waals surface area contributed by atoms with Crippen LogP contribution >= 0.6 is 27.5 Å². The summed E-state index contributed by atoms with van der Waals surface area (Å²) in [6.07, 6.45) is 0.759. The van der Waals surface area contributed by atoms with E-state index in [2.05, 4.69) is 15.9 Å². The summed E-state index contributed by atoms with van der Waals surface area (Å²) >= 11 is 9.04. The highest BCUT2D eigenvalue weighted by Gasteiger charge is 2.18. The van der Waals surface area contributed by atoms with E-state index in [0.29, 0.717) is 21.7 Å². The maximum Gasteiger partial charge on any atom is 0.307 e. The van der Waals surface area contributed by atoms with Crippen molar-refractivity contribution >= 4 is 33.5 Å². The summed E-state index contributed by atoms with van der Waals surface area (Å²) in [5.41, 5.74) is 6.29. The Morgan fingerprint density at radius 2 is 2.28 bits per heavy atom. The van der Waals surface area contributed by atoms with Gasteiger partial charge in [-0.2, -0.15) is 0 Å². The number of ether oxygens (including phenoxy) is 1. The number of hydrogen-bond donors (Lipinski definition) is 2. The molecule has 6 heteroatoms. The fourth-order valence-electron chi connectivity index (χ4n) is 1.43. The van der Waals surface area contributed by atoms with Crippen LogP contribution < -0.4 is 5.73 Å². The normalized spacial score (nSPS) is 12.2. The molecule has 0 fully saturated rings. The minimum atomic E-state index is -0.649. The number of hydrogen-bond acceptors (Lipinski definition) is 4. The molecule has 0 aliphatic carbocycles. The SMILES string of the molecule is CCCOC(=O)CC(N)c1cc(Cl)cc(Br)c1O. The van der Waals surface area contributed by atoms with Crippen molar-refractivity contribution in [1.82, 2.24) is 0 Å². The van der Waals surface area contributed by atoms with Gasteiger partial charge in [-0.3, -0.25) is 4.79 Å². The van der Waals surface area contributed by atoms with E-state index in [0.717, 1.165) is 6.42 Å². The Morgan fingerprint density at radius 3 is 2.89 bits per heavy atom. The van der Waals surface area contributed by atoms with Crippen LogP contribution in [-0.2, 0) is 9.53 Å². The highest BCUT2D eigenvalue weighted by Crippen LogP contribution is 2.35. The Balaban J connectivity index is 2.78. The lowest BCUT2D eigenvalue weighted by Gasteiger charge is -2.14. The number of benzene rings is 1. The third kappa shape index (κ3) is 4.15. The summed E-state index contributed by atoms with van der Waals surface area (Å²) in [5.74, 6) is -0.393. The highest BCUT2D eigenvalue weighted by atomic mass is 79.9. The first-order valence-corrected chi connectivity index (χ1v) is 6.72. The number of carbonyl (C=O) groups is 1. The van der Waals surface area contributed by atoms with Crippen molar-refractivity contribution in [3.63, 3.8) is 0 Å². The number of phenols is 1. The van der Waals surface area contributed by atoms with Gasteiger partial charge in [-0.05, 0) is 34.5 Å². The molecule has 0 amide bonds. The molecule has 18 heavy (non-hydrogen) atoms. The molecule has 1 atom stereocenters. The zero-order valence-corrected chi connectivity index (χ0v) is 12.3. The van der Waals surface area contributed by atoms with Gasteiger partial charge < -0.3 is 15.6 Å². The van der Waals surface area contributed by atoms with Gasteiger partial charge in [0.2, 0.25) is 0 Å². The van der Waals surface area contributed by atoms with E-state index in [4.69, 9.17) is 22.1 Å². The lowest BCUT2D eigenvalue weighted by molar-refractivity contribution is -0.144. The summed E-state index contributed by atoms with van der Waals surface area (Å²) in [6, 6.07) is 2.45. The van der Waals surface area contributed by atoms with E-state index in [1.54, 1.807) is 12.1 Å². The number of halogens is 2. The Kier molecular flexibility index (Phi) is 5.91. The van der Waals surface area contributed by atoms with Gasteiger partial charge in [0.15, 0.2) is 0 Å². The van der Waals surface area contributed by atoms with Crippen molar-refractivity contribution in [2.24, 2.45) is 5.73 Å². The number of rotatable bonds is 5. The molecule has 1 rings (SSSR count). The summed E-state index contributed by atoms with van der Waals surface area (Å²) in [6.45, 7) is 2.28. The van der Waals surface area contributed by atoms with Crippen molar-refractivity contribution in [2.75, 3.05) is 6.61 Å². The monoisotopic (exact) mass is 335 g/mol. The van der Waals surface area contributed by atoms with Crippen LogP contribution in [0.2, 0.25) is 5.02 Å². The fraction of sp³-hybridized carbons (Fsp3) is 0.417. The number of esters is 1. The second-order valence-electron chi connectivity index (χ2n) is 3.86. The number of carbonyl (C=O) groups excluding carboxylic acids is 1. The minimum absolute atomic E-state index is 0.000340. The van der Waals surface area contributed by atoms with Crippen molar-refractivity contribution < 1.29 is 14.6 Å². The molecule has 4 nitrogen and oxygen atoms in total. The van der Waals surface area contributed by atoms with Crippen LogP contribution in [0.3, 0.4) is 0 Å². The first-order valence-electron chi connectivity index (χ1n) is 5.54. The predicted molar refractivity (Wildman–Crippen MR) is 73.6 cm³/mol. The summed E-state index contributed by atoms with van der Waals surface area (Å²) in [7, 11) is 0. The van der Waals surface area contributed by atoms with E-state index in [1.165, 1.54) is 0 Å². The van der Waals surface area contributed by atoms with Gasteiger partial charge in [0.25, 0.3) is 0 Å². The largest absolute Gasteiger partial charge is 0.506 e. The smallest absolute Gasteiger partial charge is 0.307 e. The Bertz CT molecular complexity index is 440. The molecule has 0 aliphatic rings. The molecule has 3 N–H and O–H groups in total. The van der Waals surface area contributed by atoms with E-state index >= 15 is 0 Å². The topological polar surface area (TPSA) is 72.5 Å². The average Bonchev–Trinajstić information content (AvgIpc) is 2.30. The fourth-order valence-corrected chi connectivity index (χ4v) is 2.27. The van der Waals surface area contributed by atoms with Crippen molar-refractivity contribution in [1.29, 1.82) is 0 Å². The second-order valence-corrected chi connectivity index (χ2v) is 5.15. The predicted octanol–water partition coefficient (Wildman–Crippen LogP) is 3.15. The second kappa shape index (κ2) is 6.97. The molecular weight excluding hydrogens is 321 g/mol. The van der Waals surface area contributed by atoms with E-state index < -0.39 is 6.04 Å². The molecule has 1 aromatic rings. The van der Waals surface area contributed by atoms with E-state index in [-0.39, 0.29) is 18.1 Å². The zero-order valence-electron chi connectivity index (χ0n) is 9.95. The van der Waals surface area contributed by atoms with Crippen LogP contribution in [0.4, 0.5) is 0 Å². The van der Waals surface area contributed by atoms with E-state index in [9.17, 15) is 9.90 Å². The van der Waals surface area contributed by atoms with Crippen LogP contribution in [0.25, 0.3) is 0 Å². The van der Waals surface area contributed by atoms with Gasteiger partial charge in [-0.25, -0.2) is 0 Å². The molecule has 0 aliphatic heterocycles. The minimum Gasteiger partial charge on any atom is -0.506 e. The molecule has 0 radical (unpaired) electrons. The number of nitrogens with two attached hydrogens (primary N) is 1. The molecule has 0 spiro atoms. The van der Waals surface area contributed by atoms with Crippen LogP contribution in [0.1, 0.15) is 31.4 Å². The number of phenolic OH excluding ortho intramolecular Hbond substituents is 1. The molecule has 0 bridgehead atoms. The van der Waals surface area contributed by atoms with Crippen LogP contribution in [0.15, 0.2) is 16.6 Å². The first kappa shape index (κ1) is 15.3. The lowest BCUT2D eigenvalue weighted by atomic mass is 10.0. The summed E-state index contributed by atoms with van der Waals surface area (Å²) in [5, 5.41) is 10.3. The van der Waals surface area contributed by atoms with Gasteiger partial charge in [-0.1, -0.05) is 18.5 Å². The maximum absolute atomic E-state index is 11.4. The molecule has 100 valence electrons. The van der Waals surface area contributed by atoms with Crippen molar-refractivity contribution in [3.05, 3.63) is 27.2 Å². The molecule has 0 saturated carbocycles. The molecule has 0 heterocycles. The summed E-state index contributed by atoms with van der Waals surface area (Å²) < 4.78 is 5.39. The number of aromatic hydroxyl groups is 1. The summed E-state index contributed by atoms with van der Waals surface area (Å²) in [4.78, 5) is 11.4. The molecule has 1 aromatic carbocycles. The molecule has 1 unspecified atom stereocenters. The van der Waals surface area contributed by atoms with Gasteiger partial charge in [-0.15, -0.1) is 0 Å².